The molecule has 2 rings (SSSR count). The molecule has 0 unspecified atom stereocenters. The van der Waals surface area contributed by atoms with Gasteiger partial charge in [0.1, 0.15) is 11.4 Å². The van der Waals surface area contributed by atoms with Crippen molar-refractivity contribution in [1.29, 1.82) is 0 Å². The van der Waals surface area contributed by atoms with Crippen LogP contribution in [0.1, 0.15) is 31.9 Å². The number of hydrogen-bond acceptors (Lipinski definition) is 4. The average Bonchev–Trinajstić information content (AvgIpc) is 2.65. The molecule has 0 aliphatic heterocycles. The minimum Gasteiger partial charge on any atom is -0.444 e. The molecule has 5 nitrogen and oxygen atoms in total. The molecule has 0 spiro atoms. The third kappa shape index (κ3) is 8.62. The van der Waals surface area contributed by atoms with E-state index in [9.17, 15) is 14.3 Å². The minimum atomic E-state index is -0.830. The fraction of sp³-hybridized carbons (Fsp3) is 0.435. The number of alkyl carbamates (subject to hydrolysis) is 1. The Balaban J connectivity index is 1.91. The Kier molecular flexibility index (Phi) is 8.61. The zero-order valence-electron chi connectivity index (χ0n) is 17.3. The number of halogens is 1. The number of carbonyl (C=O) groups is 1. The zero-order chi connectivity index (χ0) is 21.3. The average molecular weight is 403 g/mol. The van der Waals surface area contributed by atoms with Gasteiger partial charge in [0.2, 0.25) is 0 Å². The van der Waals surface area contributed by atoms with Gasteiger partial charge in [-0.15, -0.1) is 0 Å². The van der Waals surface area contributed by atoms with E-state index in [2.05, 4.69) is 10.6 Å². The Morgan fingerprint density at radius 2 is 1.76 bits per heavy atom. The number of hydrogen-bond donors (Lipinski definition) is 3. The van der Waals surface area contributed by atoms with Gasteiger partial charge in [0.25, 0.3) is 0 Å². The Bertz CT molecular complexity index is 762. The highest BCUT2D eigenvalue weighted by atomic mass is 19.1. The number of rotatable bonds is 9. The first kappa shape index (κ1) is 22.8. The van der Waals surface area contributed by atoms with Crippen molar-refractivity contribution in [3.8, 4) is 0 Å². The molecule has 158 valence electrons. The maximum atomic E-state index is 13.7. The first-order chi connectivity index (χ1) is 13.7. The van der Waals surface area contributed by atoms with Crippen LogP contribution >= 0.6 is 0 Å². The van der Waals surface area contributed by atoms with Gasteiger partial charge in [-0.25, -0.2) is 9.18 Å². The van der Waals surface area contributed by atoms with Crippen molar-refractivity contribution in [1.82, 2.24) is 10.6 Å². The number of ether oxygens (including phenoxy) is 1. The molecule has 0 aliphatic carbocycles. The summed E-state index contributed by atoms with van der Waals surface area (Å²) >= 11 is 0. The van der Waals surface area contributed by atoms with Crippen molar-refractivity contribution in [3.05, 3.63) is 71.5 Å². The molecule has 0 saturated carbocycles. The lowest BCUT2D eigenvalue weighted by atomic mass is 10.0. The molecule has 29 heavy (non-hydrogen) atoms. The second kappa shape index (κ2) is 10.9. The SMILES string of the molecule is CC(C)(C)OC(=O)N[C@@H](Cc1ccccc1)[C@H](O)CNCCc1ccccc1F. The van der Waals surface area contributed by atoms with Crippen molar-refractivity contribution in [2.45, 2.75) is 51.4 Å². The van der Waals surface area contributed by atoms with E-state index in [1.54, 1.807) is 39.0 Å². The molecular weight excluding hydrogens is 371 g/mol. The van der Waals surface area contributed by atoms with Gasteiger partial charge in [-0.05, 0) is 57.4 Å². The van der Waals surface area contributed by atoms with Crippen LogP contribution in [0.15, 0.2) is 54.6 Å². The van der Waals surface area contributed by atoms with Crippen LogP contribution in [-0.2, 0) is 17.6 Å². The molecule has 0 bridgehead atoms. The molecule has 0 saturated heterocycles. The summed E-state index contributed by atoms with van der Waals surface area (Å²) in [5.41, 5.74) is 1.01. The first-order valence-corrected chi connectivity index (χ1v) is 9.90. The largest absolute Gasteiger partial charge is 0.444 e. The highest BCUT2D eigenvalue weighted by Crippen LogP contribution is 2.11. The molecular formula is C23H31FN2O3. The van der Waals surface area contributed by atoms with Crippen molar-refractivity contribution < 1.29 is 19.0 Å². The van der Waals surface area contributed by atoms with E-state index in [0.717, 1.165) is 5.56 Å². The van der Waals surface area contributed by atoms with Crippen LogP contribution in [0.2, 0.25) is 0 Å². The van der Waals surface area contributed by atoms with E-state index in [4.69, 9.17) is 4.74 Å². The maximum absolute atomic E-state index is 13.7. The third-order valence-electron chi connectivity index (χ3n) is 4.35. The van der Waals surface area contributed by atoms with Crippen LogP contribution in [0.3, 0.4) is 0 Å². The Hall–Kier alpha value is -2.44. The summed E-state index contributed by atoms with van der Waals surface area (Å²) in [6.07, 6.45) is -0.412. The molecule has 2 aromatic carbocycles. The van der Waals surface area contributed by atoms with Gasteiger partial charge in [-0.1, -0.05) is 48.5 Å². The second-order valence-corrected chi connectivity index (χ2v) is 8.06. The Labute approximate surface area is 172 Å². The Morgan fingerprint density at radius 1 is 1.10 bits per heavy atom. The van der Waals surface area contributed by atoms with Gasteiger partial charge in [0.15, 0.2) is 0 Å². The third-order valence-corrected chi connectivity index (χ3v) is 4.35. The molecule has 0 aliphatic rings. The summed E-state index contributed by atoms with van der Waals surface area (Å²) in [4.78, 5) is 12.2. The first-order valence-electron chi connectivity index (χ1n) is 9.90. The van der Waals surface area contributed by atoms with Crippen LogP contribution in [0.5, 0.6) is 0 Å². The van der Waals surface area contributed by atoms with E-state index >= 15 is 0 Å². The molecule has 0 radical (unpaired) electrons. The fourth-order valence-electron chi connectivity index (χ4n) is 2.93. The summed E-state index contributed by atoms with van der Waals surface area (Å²) in [6.45, 7) is 6.16. The smallest absolute Gasteiger partial charge is 0.407 e. The van der Waals surface area contributed by atoms with Crippen LogP contribution < -0.4 is 10.6 Å². The topological polar surface area (TPSA) is 70.6 Å². The predicted octanol–water partition coefficient (Wildman–Crippen LogP) is 3.45. The van der Waals surface area contributed by atoms with E-state index in [-0.39, 0.29) is 12.4 Å². The second-order valence-electron chi connectivity index (χ2n) is 8.06. The van der Waals surface area contributed by atoms with Gasteiger partial charge >= 0.3 is 6.09 Å². The minimum absolute atomic E-state index is 0.233. The van der Waals surface area contributed by atoms with Gasteiger partial charge < -0.3 is 20.5 Å². The van der Waals surface area contributed by atoms with Crippen molar-refractivity contribution >= 4 is 6.09 Å². The lowest BCUT2D eigenvalue weighted by molar-refractivity contribution is 0.0423. The summed E-state index contributed by atoms with van der Waals surface area (Å²) in [6, 6.07) is 15.8. The van der Waals surface area contributed by atoms with Crippen LogP contribution in [0, 0.1) is 5.82 Å². The standard InChI is InChI=1S/C23H31FN2O3/c1-23(2,3)29-22(28)26-20(15-17-9-5-4-6-10-17)21(27)16-25-14-13-18-11-7-8-12-19(18)24/h4-12,20-21,25,27H,13-16H2,1-3H3,(H,26,28)/t20-,21+/m0/s1. The monoisotopic (exact) mass is 402 g/mol. The van der Waals surface area contributed by atoms with Crippen molar-refractivity contribution in [2.24, 2.45) is 0 Å². The quantitative estimate of drug-likeness (QED) is 0.562. The van der Waals surface area contributed by atoms with E-state index in [0.29, 0.717) is 24.9 Å². The molecule has 2 atom stereocenters. The van der Waals surface area contributed by atoms with Crippen molar-refractivity contribution in [2.75, 3.05) is 13.1 Å². The maximum Gasteiger partial charge on any atom is 0.407 e. The highest BCUT2D eigenvalue weighted by Gasteiger charge is 2.24. The van der Waals surface area contributed by atoms with Gasteiger partial charge in [-0.2, -0.15) is 0 Å². The molecule has 0 aromatic heterocycles. The lowest BCUT2D eigenvalue weighted by Crippen LogP contribution is -2.50. The molecule has 2 aromatic rings. The van der Waals surface area contributed by atoms with Crippen LogP contribution in [0.25, 0.3) is 0 Å². The van der Waals surface area contributed by atoms with Crippen LogP contribution in [-0.4, -0.2) is 42.0 Å². The van der Waals surface area contributed by atoms with E-state index in [1.807, 2.05) is 30.3 Å². The molecule has 1 amide bonds. The highest BCUT2D eigenvalue weighted by molar-refractivity contribution is 5.68. The number of amides is 1. The number of aliphatic hydroxyl groups is 1. The molecule has 0 heterocycles. The number of carbonyl (C=O) groups excluding carboxylic acids is 1. The summed E-state index contributed by atoms with van der Waals surface area (Å²) in [7, 11) is 0. The fourth-order valence-corrected chi connectivity index (χ4v) is 2.93. The number of aliphatic hydroxyl groups excluding tert-OH is 1. The van der Waals surface area contributed by atoms with Gasteiger partial charge in [-0.3, -0.25) is 0 Å². The normalized spacial score (nSPS) is 13.6. The van der Waals surface area contributed by atoms with Crippen molar-refractivity contribution in [3.63, 3.8) is 0 Å². The summed E-state index contributed by atoms with van der Waals surface area (Å²) in [5, 5.41) is 16.6. The van der Waals surface area contributed by atoms with Crippen LogP contribution in [0.4, 0.5) is 9.18 Å². The molecule has 3 N–H and O–H groups in total. The van der Waals surface area contributed by atoms with E-state index in [1.165, 1.54) is 6.07 Å². The molecule has 0 fully saturated rings. The van der Waals surface area contributed by atoms with Gasteiger partial charge in [0.05, 0.1) is 12.1 Å². The van der Waals surface area contributed by atoms with E-state index < -0.39 is 23.8 Å². The number of benzene rings is 2. The number of nitrogens with one attached hydrogen (secondary N) is 2. The zero-order valence-corrected chi connectivity index (χ0v) is 17.3. The summed E-state index contributed by atoms with van der Waals surface area (Å²) < 4.78 is 19.0. The Morgan fingerprint density at radius 3 is 2.41 bits per heavy atom. The molecule has 6 heteroatoms. The predicted molar refractivity (Wildman–Crippen MR) is 112 cm³/mol. The van der Waals surface area contributed by atoms with Gasteiger partial charge in [0, 0.05) is 6.54 Å². The lowest BCUT2D eigenvalue weighted by Gasteiger charge is -2.27. The summed E-state index contributed by atoms with van der Waals surface area (Å²) in [5.74, 6) is -0.233.